The van der Waals surface area contributed by atoms with Crippen molar-refractivity contribution >= 4 is 8.56 Å². The highest BCUT2D eigenvalue weighted by Gasteiger charge is 2.59. The average molecular weight is 376 g/mol. The summed E-state index contributed by atoms with van der Waals surface area (Å²) in [5, 5.41) is 9.45. The Balaban J connectivity index is 0.000000531. The Morgan fingerprint density at radius 2 is 1.60 bits per heavy atom. The molecular weight excluding hydrogens is 336 g/mol. The fraction of sp³-hybridized carbons (Fsp3) is 1.00. The Morgan fingerprint density at radius 1 is 1.00 bits per heavy atom. The Morgan fingerprint density at radius 3 is 2.00 bits per heavy atom. The van der Waals surface area contributed by atoms with E-state index in [1.807, 2.05) is 0 Å². The van der Waals surface area contributed by atoms with Gasteiger partial charge in [-0.05, 0) is 38.1 Å². The van der Waals surface area contributed by atoms with Crippen molar-refractivity contribution in [3.05, 3.63) is 0 Å². The summed E-state index contributed by atoms with van der Waals surface area (Å²) >= 11 is 0. The average Bonchev–Trinajstić information content (AvgIpc) is 3.49. The van der Waals surface area contributed by atoms with Crippen LogP contribution in [-0.4, -0.2) is 52.9 Å². The van der Waals surface area contributed by atoms with Crippen LogP contribution in [0, 0.1) is 0 Å². The van der Waals surface area contributed by atoms with Crippen LogP contribution in [0.4, 0.5) is 0 Å². The first-order chi connectivity index (χ1) is 12.1. The zero-order chi connectivity index (χ0) is 18.6. The molecule has 2 unspecified atom stereocenters. The van der Waals surface area contributed by atoms with Crippen LogP contribution in [0.3, 0.4) is 0 Å². The molecule has 2 aliphatic heterocycles. The minimum atomic E-state index is -2.26. The van der Waals surface area contributed by atoms with Crippen LogP contribution >= 0.6 is 0 Å². The van der Waals surface area contributed by atoms with Gasteiger partial charge in [0.15, 0.2) is 0 Å². The van der Waals surface area contributed by atoms with Gasteiger partial charge in [-0.3, -0.25) is 0 Å². The van der Waals surface area contributed by atoms with Crippen molar-refractivity contribution in [2.75, 3.05) is 33.0 Å². The van der Waals surface area contributed by atoms with E-state index in [-0.39, 0.29) is 17.9 Å². The van der Waals surface area contributed by atoms with Crippen LogP contribution in [-0.2, 0) is 23.4 Å². The van der Waals surface area contributed by atoms with Crippen molar-refractivity contribution in [2.24, 2.45) is 0 Å². The molecule has 1 radical (unpaired) electrons. The molecule has 2 atom stereocenters. The van der Waals surface area contributed by atoms with Crippen molar-refractivity contribution in [1.82, 2.24) is 0 Å². The molecule has 0 aliphatic carbocycles. The molecule has 0 amide bonds. The van der Waals surface area contributed by atoms with Gasteiger partial charge in [0.05, 0.1) is 6.61 Å². The van der Waals surface area contributed by atoms with Gasteiger partial charge in [-0.2, -0.15) is 0 Å². The van der Waals surface area contributed by atoms with Gasteiger partial charge in [-0.1, -0.05) is 40.5 Å². The van der Waals surface area contributed by atoms with Gasteiger partial charge in [0.1, 0.15) is 17.9 Å². The molecule has 2 saturated heterocycles. The van der Waals surface area contributed by atoms with Gasteiger partial charge in [-0.25, -0.2) is 5.11 Å². The van der Waals surface area contributed by atoms with E-state index < -0.39 is 8.56 Å². The maximum Gasteiger partial charge on any atom is 0.371 e. The third-order valence-electron chi connectivity index (χ3n) is 4.85. The van der Waals surface area contributed by atoms with Crippen LogP contribution in [0.15, 0.2) is 0 Å². The lowest BCUT2D eigenvalue weighted by molar-refractivity contribution is -0.0493. The molecule has 2 rings (SSSR count). The molecular formula is C19H39O5Si. The smallest absolute Gasteiger partial charge is 0.371 e. The SMILES string of the molecule is CCCOC1(CC)CCCC[Si]1(OCCC)OCCC.[O]CC1CO1. The van der Waals surface area contributed by atoms with Crippen LogP contribution < -0.4 is 0 Å². The molecule has 0 bridgehead atoms. The van der Waals surface area contributed by atoms with E-state index in [0.29, 0.717) is 6.61 Å². The molecule has 2 heterocycles. The minimum Gasteiger partial charge on any atom is -0.393 e. The normalized spacial score (nSPS) is 27.5. The van der Waals surface area contributed by atoms with E-state index in [9.17, 15) is 5.11 Å². The topological polar surface area (TPSA) is 60.1 Å². The van der Waals surface area contributed by atoms with E-state index in [4.69, 9.17) is 13.6 Å². The Labute approximate surface area is 155 Å². The minimum absolute atomic E-state index is 0.0556. The number of epoxide rings is 1. The van der Waals surface area contributed by atoms with E-state index in [2.05, 4.69) is 32.4 Å². The standard InChI is InChI=1S/C16H34O3Si.C3H5O2/c1-5-12-17-16(8-4)11-9-10-15-20(16,18-13-6-2)19-14-7-3;4-1-3-2-5-3/h5-15H2,1-4H3;3H,1-2H2. The number of hydrogen-bond acceptors (Lipinski definition) is 4. The second-order valence-corrected chi connectivity index (χ2v) is 10.5. The summed E-state index contributed by atoms with van der Waals surface area (Å²) in [6, 6.07) is 1.10. The summed E-state index contributed by atoms with van der Waals surface area (Å²) in [5.74, 6) is 0. The first kappa shape index (κ1) is 23.1. The van der Waals surface area contributed by atoms with Crippen molar-refractivity contribution in [1.29, 1.82) is 0 Å². The van der Waals surface area contributed by atoms with E-state index in [0.717, 1.165) is 58.0 Å². The lowest BCUT2D eigenvalue weighted by Crippen LogP contribution is -2.66. The van der Waals surface area contributed by atoms with Gasteiger partial charge in [0, 0.05) is 19.8 Å². The second-order valence-electron chi connectivity index (χ2n) is 6.98. The molecule has 0 N–H and O–H groups in total. The van der Waals surface area contributed by atoms with Gasteiger partial charge >= 0.3 is 8.56 Å². The number of rotatable bonds is 11. The van der Waals surface area contributed by atoms with Crippen LogP contribution in [0.2, 0.25) is 6.04 Å². The van der Waals surface area contributed by atoms with Crippen molar-refractivity contribution in [3.8, 4) is 0 Å². The van der Waals surface area contributed by atoms with Gasteiger partial charge in [0.25, 0.3) is 0 Å². The zero-order valence-electron chi connectivity index (χ0n) is 16.8. The zero-order valence-corrected chi connectivity index (χ0v) is 17.8. The monoisotopic (exact) mass is 375 g/mol. The Hall–Kier alpha value is 0.0169. The van der Waals surface area contributed by atoms with Crippen molar-refractivity contribution in [3.63, 3.8) is 0 Å². The maximum atomic E-state index is 9.57. The van der Waals surface area contributed by atoms with Gasteiger partial charge < -0.3 is 18.3 Å². The summed E-state index contributed by atoms with van der Waals surface area (Å²) in [6.45, 7) is 11.9. The predicted octanol–water partition coefficient (Wildman–Crippen LogP) is 4.40. The lowest BCUT2D eigenvalue weighted by Gasteiger charge is -2.49. The molecule has 0 aromatic rings. The predicted molar refractivity (Wildman–Crippen MR) is 101 cm³/mol. The van der Waals surface area contributed by atoms with Crippen LogP contribution in [0.25, 0.3) is 0 Å². The Bertz CT molecular complexity index is 330. The highest BCUT2D eigenvalue weighted by molar-refractivity contribution is 6.70. The second kappa shape index (κ2) is 12.4. The van der Waals surface area contributed by atoms with E-state index >= 15 is 0 Å². The highest BCUT2D eigenvalue weighted by atomic mass is 28.4. The molecule has 2 fully saturated rings. The van der Waals surface area contributed by atoms with Gasteiger partial charge in [0.2, 0.25) is 0 Å². The van der Waals surface area contributed by atoms with Crippen LogP contribution in [0.1, 0.15) is 72.6 Å². The highest BCUT2D eigenvalue weighted by Crippen LogP contribution is 2.43. The maximum absolute atomic E-state index is 9.57. The number of hydrogen-bond donors (Lipinski definition) is 0. The molecule has 25 heavy (non-hydrogen) atoms. The molecule has 0 saturated carbocycles. The van der Waals surface area contributed by atoms with Crippen LogP contribution in [0.5, 0.6) is 0 Å². The van der Waals surface area contributed by atoms with E-state index in [1.165, 1.54) is 12.8 Å². The third-order valence-corrected chi connectivity index (χ3v) is 9.34. The molecule has 149 valence electrons. The fourth-order valence-corrected chi connectivity index (χ4v) is 7.92. The quantitative estimate of drug-likeness (QED) is 0.397. The summed E-state index contributed by atoms with van der Waals surface area (Å²) in [5.41, 5.74) is 0. The Kier molecular flexibility index (Phi) is 11.4. The fourth-order valence-electron chi connectivity index (χ4n) is 3.36. The first-order valence-electron chi connectivity index (χ1n) is 10.2. The van der Waals surface area contributed by atoms with Crippen molar-refractivity contribution in [2.45, 2.75) is 90.0 Å². The third kappa shape index (κ3) is 6.92. The van der Waals surface area contributed by atoms with Gasteiger partial charge in [-0.15, -0.1) is 0 Å². The van der Waals surface area contributed by atoms with E-state index in [1.54, 1.807) is 0 Å². The summed E-state index contributed by atoms with van der Waals surface area (Å²) in [6.07, 6.45) is 7.86. The molecule has 2 aliphatic rings. The molecule has 6 heteroatoms. The summed E-state index contributed by atoms with van der Waals surface area (Å²) in [7, 11) is -2.26. The molecule has 5 nitrogen and oxygen atoms in total. The molecule has 0 aromatic heterocycles. The summed E-state index contributed by atoms with van der Waals surface area (Å²) < 4.78 is 23.8. The summed E-state index contributed by atoms with van der Waals surface area (Å²) in [4.78, 5) is 0. The lowest BCUT2D eigenvalue weighted by atomic mass is 10.1. The largest absolute Gasteiger partial charge is 0.393 e. The molecule has 0 aromatic carbocycles. The number of ether oxygens (including phenoxy) is 2. The van der Waals surface area contributed by atoms with Crippen molar-refractivity contribution < 1.29 is 23.4 Å². The first-order valence-corrected chi connectivity index (χ1v) is 12.3. The molecule has 0 spiro atoms.